The topological polar surface area (TPSA) is 38.8 Å². The maximum Gasteiger partial charge on any atom is 0.266 e. The molecule has 0 aromatic heterocycles. The highest BCUT2D eigenvalue weighted by Crippen LogP contribution is 2.35. The van der Waals surface area contributed by atoms with Gasteiger partial charge in [0.1, 0.15) is 17.5 Å². The first kappa shape index (κ1) is 14.2. The normalized spacial score (nSPS) is 19.2. The van der Waals surface area contributed by atoms with Crippen molar-refractivity contribution in [3.8, 4) is 11.5 Å². The quantitative estimate of drug-likeness (QED) is 0.487. The van der Waals surface area contributed by atoms with E-state index >= 15 is 0 Å². The number of carbonyl (C=O) groups excluding carboxylic acids is 1. The number of thioether (sulfide) groups is 1. The third-order valence-corrected chi connectivity index (χ3v) is 4.43. The summed E-state index contributed by atoms with van der Waals surface area (Å²) < 4.78 is 11.6. The van der Waals surface area contributed by atoms with Crippen LogP contribution in [0.4, 0.5) is 0 Å². The Hall–Kier alpha value is -1.79. The summed E-state index contributed by atoms with van der Waals surface area (Å²) in [5.41, 5.74) is 0.887. The molecule has 6 heteroatoms. The fourth-order valence-electron chi connectivity index (χ4n) is 2.09. The van der Waals surface area contributed by atoms with E-state index in [4.69, 9.17) is 21.7 Å². The number of hydrogen-bond acceptors (Lipinski definition) is 5. The van der Waals surface area contributed by atoms with Crippen LogP contribution in [0.1, 0.15) is 5.56 Å². The molecule has 0 saturated carbocycles. The number of carbonyl (C=O) groups is 1. The lowest BCUT2D eigenvalue weighted by Crippen LogP contribution is -2.27. The lowest BCUT2D eigenvalue weighted by Gasteiger charge is -2.18. The summed E-state index contributed by atoms with van der Waals surface area (Å²) in [6.07, 6.45) is 3.48. The van der Waals surface area contributed by atoms with E-state index in [1.54, 1.807) is 6.08 Å². The molecular weight excluding hydrogens is 306 g/mol. The van der Waals surface area contributed by atoms with Gasteiger partial charge in [-0.25, -0.2) is 0 Å². The van der Waals surface area contributed by atoms with E-state index in [2.05, 4.69) is 6.58 Å². The molecule has 2 aliphatic heterocycles. The molecule has 1 aromatic rings. The summed E-state index contributed by atoms with van der Waals surface area (Å²) in [6, 6.07) is 5.62. The summed E-state index contributed by atoms with van der Waals surface area (Å²) in [7, 11) is 0. The van der Waals surface area contributed by atoms with Crippen LogP contribution in [0.15, 0.2) is 35.8 Å². The van der Waals surface area contributed by atoms with Gasteiger partial charge in [-0.05, 0) is 23.8 Å². The molecular formula is C15H13NO3S2. The van der Waals surface area contributed by atoms with Gasteiger partial charge < -0.3 is 9.47 Å². The second-order valence-corrected chi connectivity index (χ2v) is 6.16. The number of ether oxygens (including phenoxy) is 2. The van der Waals surface area contributed by atoms with Gasteiger partial charge in [0.25, 0.3) is 5.91 Å². The van der Waals surface area contributed by atoms with Crippen molar-refractivity contribution >= 4 is 40.3 Å². The molecule has 4 nitrogen and oxygen atoms in total. The average molecular weight is 319 g/mol. The Morgan fingerprint density at radius 1 is 1.33 bits per heavy atom. The van der Waals surface area contributed by atoms with Crippen molar-refractivity contribution in [3.05, 3.63) is 41.3 Å². The van der Waals surface area contributed by atoms with Crippen LogP contribution in [0.2, 0.25) is 0 Å². The van der Waals surface area contributed by atoms with Crippen LogP contribution >= 0.6 is 24.0 Å². The van der Waals surface area contributed by atoms with E-state index in [1.165, 1.54) is 16.7 Å². The highest BCUT2D eigenvalue weighted by molar-refractivity contribution is 8.26. The van der Waals surface area contributed by atoms with Crippen LogP contribution in [0, 0.1) is 0 Å². The van der Waals surface area contributed by atoms with Crippen molar-refractivity contribution in [3.63, 3.8) is 0 Å². The highest BCUT2D eigenvalue weighted by atomic mass is 32.2. The van der Waals surface area contributed by atoms with Crippen molar-refractivity contribution in [2.75, 3.05) is 19.8 Å². The Kier molecular flexibility index (Phi) is 3.98. The van der Waals surface area contributed by atoms with Gasteiger partial charge in [0.05, 0.1) is 4.91 Å². The summed E-state index contributed by atoms with van der Waals surface area (Å²) in [4.78, 5) is 14.4. The lowest BCUT2D eigenvalue weighted by molar-refractivity contribution is -0.121. The number of thiocarbonyl (C=S) groups is 1. The zero-order valence-electron chi connectivity index (χ0n) is 11.2. The minimum absolute atomic E-state index is 0.0835. The molecule has 0 bridgehead atoms. The number of hydrogen-bond donors (Lipinski definition) is 0. The molecule has 1 amide bonds. The van der Waals surface area contributed by atoms with Crippen LogP contribution in [0.5, 0.6) is 11.5 Å². The molecule has 1 aromatic carbocycles. The fourth-order valence-corrected chi connectivity index (χ4v) is 3.36. The lowest BCUT2D eigenvalue weighted by atomic mass is 10.1. The molecule has 2 heterocycles. The molecule has 0 aliphatic carbocycles. The molecule has 0 radical (unpaired) electrons. The molecule has 0 unspecified atom stereocenters. The zero-order valence-corrected chi connectivity index (χ0v) is 12.8. The summed E-state index contributed by atoms with van der Waals surface area (Å²) in [5, 5.41) is 0. The Bertz CT molecular complexity index is 654. The van der Waals surface area contributed by atoms with Crippen molar-refractivity contribution in [1.29, 1.82) is 0 Å². The van der Waals surface area contributed by atoms with Crippen molar-refractivity contribution in [2.24, 2.45) is 0 Å². The van der Waals surface area contributed by atoms with Crippen LogP contribution in [-0.4, -0.2) is 34.9 Å². The maximum atomic E-state index is 12.2. The van der Waals surface area contributed by atoms with E-state index in [9.17, 15) is 4.79 Å². The van der Waals surface area contributed by atoms with E-state index in [0.29, 0.717) is 34.7 Å². The van der Waals surface area contributed by atoms with Gasteiger partial charge in [0.15, 0.2) is 11.5 Å². The predicted molar refractivity (Wildman–Crippen MR) is 87.5 cm³/mol. The summed E-state index contributed by atoms with van der Waals surface area (Å²) >= 11 is 6.51. The Labute approximate surface area is 132 Å². The third-order valence-electron chi connectivity index (χ3n) is 3.05. The van der Waals surface area contributed by atoms with Crippen LogP contribution in [0.25, 0.3) is 6.08 Å². The minimum Gasteiger partial charge on any atom is -0.486 e. The molecule has 1 fully saturated rings. The van der Waals surface area contributed by atoms with Gasteiger partial charge in [-0.15, -0.1) is 6.58 Å². The number of fused-ring (bicyclic) bond motifs is 1. The van der Waals surface area contributed by atoms with Gasteiger partial charge in [-0.2, -0.15) is 0 Å². The fraction of sp³-hybridized carbons (Fsp3) is 0.200. The Morgan fingerprint density at radius 2 is 2.10 bits per heavy atom. The van der Waals surface area contributed by atoms with Crippen molar-refractivity contribution in [1.82, 2.24) is 4.90 Å². The van der Waals surface area contributed by atoms with Crippen LogP contribution in [-0.2, 0) is 4.79 Å². The summed E-state index contributed by atoms with van der Waals surface area (Å²) in [5.74, 6) is 1.36. The number of rotatable bonds is 3. The number of benzene rings is 1. The van der Waals surface area contributed by atoms with E-state index in [1.807, 2.05) is 24.3 Å². The SMILES string of the molecule is C=CCN1C(=O)C(=Cc2ccc3c(c2)OCCO3)SC1=S. The van der Waals surface area contributed by atoms with Crippen molar-refractivity contribution < 1.29 is 14.3 Å². The monoisotopic (exact) mass is 319 g/mol. The molecule has 3 rings (SSSR count). The highest BCUT2D eigenvalue weighted by Gasteiger charge is 2.31. The first-order valence-electron chi connectivity index (χ1n) is 6.45. The second kappa shape index (κ2) is 5.91. The standard InChI is InChI=1S/C15H13NO3S2/c1-2-5-16-14(17)13(21-15(16)20)9-10-3-4-11-12(8-10)19-7-6-18-11/h2-4,8-9H,1,5-7H2. The molecule has 1 saturated heterocycles. The van der Waals surface area contributed by atoms with Gasteiger partial charge in [-0.3, -0.25) is 9.69 Å². The van der Waals surface area contributed by atoms with E-state index in [0.717, 1.165) is 11.3 Å². The van der Waals surface area contributed by atoms with Gasteiger partial charge in [0, 0.05) is 6.54 Å². The Balaban J connectivity index is 1.87. The molecule has 21 heavy (non-hydrogen) atoms. The molecule has 0 N–H and O–H groups in total. The largest absolute Gasteiger partial charge is 0.486 e. The number of amides is 1. The first-order chi connectivity index (χ1) is 10.2. The smallest absolute Gasteiger partial charge is 0.266 e. The van der Waals surface area contributed by atoms with Crippen molar-refractivity contribution in [2.45, 2.75) is 0 Å². The van der Waals surface area contributed by atoms with Crippen LogP contribution < -0.4 is 9.47 Å². The van der Waals surface area contributed by atoms with E-state index in [-0.39, 0.29) is 5.91 Å². The number of nitrogens with zero attached hydrogens (tertiary/aromatic N) is 1. The molecule has 108 valence electrons. The third kappa shape index (κ3) is 2.82. The van der Waals surface area contributed by atoms with Gasteiger partial charge in [0.2, 0.25) is 0 Å². The van der Waals surface area contributed by atoms with Gasteiger partial charge in [-0.1, -0.05) is 36.1 Å². The van der Waals surface area contributed by atoms with Crippen LogP contribution in [0.3, 0.4) is 0 Å². The predicted octanol–water partition coefficient (Wildman–Crippen LogP) is 2.85. The van der Waals surface area contributed by atoms with Gasteiger partial charge >= 0.3 is 0 Å². The average Bonchev–Trinajstić information content (AvgIpc) is 2.75. The molecule has 0 spiro atoms. The Morgan fingerprint density at radius 3 is 2.86 bits per heavy atom. The zero-order chi connectivity index (χ0) is 14.8. The minimum atomic E-state index is -0.0835. The first-order valence-corrected chi connectivity index (χ1v) is 7.67. The second-order valence-electron chi connectivity index (χ2n) is 4.48. The molecule has 2 aliphatic rings. The maximum absolute atomic E-state index is 12.2. The van der Waals surface area contributed by atoms with E-state index < -0.39 is 0 Å². The summed E-state index contributed by atoms with van der Waals surface area (Å²) in [6.45, 7) is 5.17. The molecule has 0 atom stereocenters.